The fourth-order valence-corrected chi connectivity index (χ4v) is 0.187. The largest absolute Gasteiger partial charge is 0.662 e. The van der Waals surface area contributed by atoms with Crippen LogP contribution in [-0.2, 0) is 9.69 Å². The molecule has 0 aromatic carbocycles. The Kier molecular flexibility index (Phi) is 3.14. The molecule has 0 saturated carbocycles. The monoisotopic (exact) mass is 134 g/mol. The van der Waals surface area contributed by atoms with Gasteiger partial charge in [0.15, 0.2) is 0 Å². The topological polar surface area (TPSA) is 58.9 Å². The maximum Gasteiger partial charge on any atom is 0.662 e. The van der Waals surface area contributed by atoms with Gasteiger partial charge < -0.3 is 10.0 Å². The third-order valence-corrected chi connectivity index (χ3v) is 0.384. The van der Waals surface area contributed by atoms with Crippen molar-refractivity contribution in [1.82, 2.24) is 0 Å². The maximum absolute atomic E-state index is 8.12. The van der Waals surface area contributed by atoms with Crippen LogP contribution >= 0.6 is 0 Å². The van der Waals surface area contributed by atoms with Gasteiger partial charge >= 0.3 is 7.32 Å². The third kappa shape index (κ3) is 7.90. The molecule has 0 spiro atoms. The Morgan fingerprint density at radius 1 is 1.22 bits per heavy atom. The van der Waals surface area contributed by atoms with Gasteiger partial charge in [0, 0.05) is 0 Å². The zero-order valence-corrected chi connectivity index (χ0v) is 5.79. The van der Waals surface area contributed by atoms with Gasteiger partial charge in [0.05, 0.1) is 5.60 Å². The standard InChI is InChI=1S/C4H11BO4/c1-4(2,3)8-9-5(6)7/h6-7H,1-3H3. The summed E-state index contributed by atoms with van der Waals surface area (Å²) in [5.74, 6) is 0. The molecule has 0 rings (SSSR count). The van der Waals surface area contributed by atoms with E-state index in [1.165, 1.54) is 0 Å². The van der Waals surface area contributed by atoms with Crippen molar-refractivity contribution in [2.24, 2.45) is 0 Å². The highest BCUT2D eigenvalue weighted by atomic mass is 17.2. The average Bonchev–Trinajstić information content (AvgIpc) is 1.59. The fraction of sp³-hybridized carbons (Fsp3) is 1.00. The lowest BCUT2D eigenvalue weighted by atomic mass is 10.2. The summed E-state index contributed by atoms with van der Waals surface area (Å²) in [6, 6.07) is 0. The first-order valence-electron chi connectivity index (χ1n) is 2.62. The minimum absolute atomic E-state index is 0.510. The van der Waals surface area contributed by atoms with Gasteiger partial charge in [0.2, 0.25) is 0 Å². The summed E-state index contributed by atoms with van der Waals surface area (Å²) in [5, 5.41) is 16.2. The van der Waals surface area contributed by atoms with Crippen molar-refractivity contribution in [3.8, 4) is 0 Å². The molecule has 0 radical (unpaired) electrons. The summed E-state index contributed by atoms with van der Waals surface area (Å²) >= 11 is 0. The van der Waals surface area contributed by atoms with Gasteiger partial charge in [-0.2, -0.15) is 0 Å². The highest BCUT2D eigenvalue weighted by Gasteiger charge is 2.17. The van der Waals surface area contributed by atoms with Gasteiger partial charge in [0.25, 0.3) is 0 Å². The van der Waals surface area contributed by atoms with Crippen LogP contribution in [0.15, 0.2) is 0 Å². The molecule has 2 N–H and O–H groups in total. The number of hydrogen-bond acceptors (Lipinski definition) is 4. The molecule has 0 aliphatic heterocycles. The van der Waals surface area contributed by atoms with Gasteiger partial charge in [0.1, 0.15) is 0 Å². The van der Waals surface area contributed by atoms with Gasteiger partial charge in [-0.25, -0.2) is 9.69 Å². The van der Waals surface area contributed by atoms with Crippen LogP contribution in [0.3, 0.4) is 0 Å². The summed E-state index contributed by atoms with van der Waals surface area (Å²) in [6.07, 6.45) is 0. The van der Waals surface area contributed by atoms with Crippen molar-refractivity contribution >= 4 is 7.32 Å². The van der Waals surface area contributed by atoms with Crippen molar-refractivity contribution in [2.45, 2.75) is 26.4 Å². The Bertz CT molecular complexity index is 77.1. The van der Waals surface area contributed by atoms with Crippen molar-refractivity contribution in [1.29, 1.82) is 0 Å². The Hall–Kier alpha value is -0.0951. The third-order valence-electron chi connectivity index (χ3n) is 0.384. The second-order valence-electron chi connectivity index (χ2n) is 2.62. The molecule has 54 valence electrons. The van der Waals surface area contributed by atoms with Crippen LogP contribution in [0.5, 0.6) is 0 Å². The summed E-state index contributed by atoms with van der Waals surface area (Å²) < 4.78 is 0. The van der Waals surface area contributed by atoms with Crippen LogP contribution in [-0.4, -0.2) is 23.0 Å². The number of hydrogen-bond donors (Lipinski definition) is 2. The average molecular weight is 134 g/mol. The highest BCUT2D eigenvalue weighted by molar-refractivity contribution is 6.32. The zero-order valence-electron chi connectivity index (χ0n) is 5.79. The lowest BCUT2D eigenvalue weighted by molar-refractivity contribution is -0.296. The van der Waals surface area contributed by atoms with Crippen LogP contribution in [0.25, 0.3) is 0 Å². The molecule has 0 aromatic rings. The van der Waals surface area contributed by atoms with E-state index < -0.39 is 12.9 Å². The van der Waals surface area contributed by atoms with Crippen LogP contribution in [0.4, 0.5) is 0 Å². The fourth-order valence-electron chi connectivity index (χ4n) is 0.187. The summed E-state index contributed by atoms with van der Waals surface area (Å²) in [4.78, 5) is 8.51. The van der Waals surface area contributed by atoms with Crippen LogP contribution < -0.4 is 0 Å². The van der Waals surface area contributed by atoms with Crippen LogP contribution in [0, 0.1) is 0 Å². The molecule has 0 amide bonds. The van der Waals surface area contributed by atoms with Crippen molar-refractivity contribution in [3.63, 3.8) is 0 Å². The lowest BCUT2D eigenvalue weighted by Crippen LogP contribution is -2.26. The molecule has 0 aliphatic rings. The summed E-state index contributed by atoms with van der Waals surface area (Å²) in [5.41, 5.74) is -0.510. The number of rotatable bonds is 2. The van der Waals surface area contributed by atoms with E-state index in [-0.39, 0.29) is 0 Å². The molecule has 0 aromatic heterocycles. The Balaban J connectivity index is 3.28. The second kappa shape index (κ2) is 3.17. The van der Waals surface area contributed by atoms with E-state index in [4.69, 9.17) is 10.0 Å². The predicted molar refractivity (Wildman–Crippen MR) is 32.1 cm³/mol. The van der Waals surface area contributed by atoms with E-state index in [0.29, 0.717) is 0 Å². The SMILES string of the molecule is CC(C)(C)OOB(O)O. The first-order chi connectivity index (χ1) is 3.92. The minimum atomic E-state index is -1.86. The second-order valence-corrected chi connectivity index (χ2v) is 2.62. The predicted octanol–water partition coefficient (Wildman–Crippen LogP) is -0.297. The van der Waals surface area contributed by atoms with Gasteiger partial charge in [-0.15, -0.1) is 0 Å². The summed E-state index contributed by atoms with van der Waals surface area (Å²) in [7, 11) is -1.86. The molecule has 0 atom stereocenters. The van der Waals surface area contributed by atoms with E-state index in [1.807, 2.05) is 0 Å². The van der Waals surface area contributed by atoms with E-state index in [9.17, 15) is 0 Å². The van der Waals surface area contributed by atoms with Crippen LogP contribution in [0.2, 0.25) is 0 Å². The molecule has 0 heterocycles. The molecule has 4 nitrogen and oxygen atoms in total. The first kappa shape index (κ1) is 8.90. The molecule has 0 fully saturated rings. The van der Waals surface area contributed by atoms with E-state index in [2.05, 4.69) is 9.69 Å². The van der Waals surface area contributed by atoms with Gasteiger partial charge in [-0.05, 0) is 20.8 Å². The van der Waals surface area contributed by atoms with E-state index >= 15 is 0 Å². The molecule has 0 saturated heterocycles. The smallest absolute Gasteiger partial charge is 0.400 e. The highest BCUT2D eigenvalue weighted by Crippen LogP contribution is 2.06. The molecule has 0 bridgehead atoms. The van der Waals surface area contributed by atoms with Crippen LogP contribution in [0.1, 0.15) is 20.8 Å². The molecular formula is C4H11BO4. The van der Waals surface area contributed by atoms with Gasteiger partial charge in [-0.1, -0.05) is 0 Å². The zero-order chi connectivity index (χ0) is 7.49. The molecule has 0 unspecified atom stereocenters. The van der Waals surface area contributed by atoms with E-state index in [1.54, 1.807) is 20.8 Å². The summed E-state index contributed by atoms with van der Waals surface area (Å²) in [6.45, 7) is 5.19. The Labute approximate surface area is 54.5 Å². The Morgan fingerprint density at radius 3 is 1.78 bits per heavy atom. The maximum atomic E-state index is 8.12. The van der Waals surface area contributed by atoms with Crippen molar-refractivity contribution in [3.05, 3.63) is 0 Å². The van der Waals surface area contributed by atoms with Crippen molar-refractivity contribution in [2.75, 3.05) is 0 Å². The Morgan fingerprint density at radius 2 is 1.67 bits per heavy atom. The molecule has 0 aliphatic carbocycles. The van der Waals surface area contributed by atoms with Crippen molar-refractivity contribution < 1.29 is 19.7 Å². The lowest BCUT2D eigenvalue weighted by Gasteiger charge is -2.16. The minimum Gasteiger partial charge on any atom is -0.400 e. The van der Waals surface area contributed by atoms with Gasteiger partial charge in [-0.3, -0.25) is 0 Å². The molecular weight excluding hydrogens is 123 g/mol. The quantitative estimate of drug-likeness (QED) is 0.309. The first-order valence-corrected chi connectivity index (χ1v) is 2.62. The molecule has 9 heavy (non-hydrogen) atoms. The molecule has 5 heteroatoms. The van der Waals surface area contributed by atoms with E-state index in [0.717, 1.165) is 0 Å². The normalized spacial score (nSPS) is 11.7.